The Bertz CT molecular complexity index is 1070. The molecule has 0 spiro atoms. The highest BCUT2D eigenvalue weighted by Gasteiger charge is 2.44. The molecule has 6 heteroatoms. The highest BCUT2D eigenvalue weighted by Crippen LogP contribution is 2.43. The van der Waals surface area contributed by atoms with Gasteiger partial charge in [-0.3, -0.25) is 14.7 Å². The zero-order valence-corrected chi connectivity index (χ0v) is 19.4. The number of aromatic nitrogens is 1. The predicted molar refractivity (Wildman–Crippen MR) is 128 cm³/mol. The number of aliphatic hydroxyl groups excluding tert-OH is 1. The molecule has 1 aromatic heterocycles. The highest BCUT2D eigenvalue weighted by atomic mass is 16.5. The Hall–Kier alpha value is -2.88. The van der Waals surface area contributed by atoms with Gasteiger partial charge in [-0.2, -0.15) is 0 Å². The van der Waals surface area contributed by atoms with Crippen molar-refractivity contribution in [2.45, 2.75) is 44.8 Å². The number of fused-ring (bicyclic) bond motifs is 4. The molecule has 3 aliphatic heterocycles. The summed E-state index contributed by atoms with van der Waals surface area (Å²) >= 11 is 0. The molecule has 1 N–H and O–H groups in total. The summed E-state index contributed by atoms with van der Waals surface area (Å²) in [5.41, 5.74) is 1.84. The van der Waals surface area contributed by atoms with Gasteiger partial charge in [-0.25, -0.2) is 0 Å². The number of nitrogens with zero attached hydrogens (tertiary/aromatic N) is 2. The van der Waals surface area contributed by atoms with Crippen molar-refractivity contribution in [1.29, 1.82) is 0 Å². The van der Waals surface area contributed by atoms with Crippen LogP contribution in [0.4, 0.5) is 0 Å². The Balaban J connectivity index is 1.58. The van der Waals surface area contributed by atoms with E-state index in [-0.39, 0.29) is 24.7 Å². The summed E-state index contributed by atoms with van der Waals surface area (Å²) < 4.78 is 11.4. The Morgan fingerprint density at radius 2 is 2.27 bits per heavy atom. The Labute approximate surface area is 195 Å². The monoisotopic (exact) mass is 448 g/mol. The zero-order valence-electron chi connectivity index (χ0n) is 19.4. The predicted octanol–water partition coefficient (Wildman–Crippen LogP) is 3.89. The van der Waals surface area contributed by atoms with Crippen molar-refractivity contribution in [1.82, 2.24) is 9.88 Å². The molecule has 0 amide bonds. The van der Waals surface area contributed by atoms with E-state index in [1.54, 1.807) is 13.3 Å². The normalized spacial score (nSPS) is 24.9. The SMILES string of the molecule is COc1ccc2nccc([C@H](OC(C)=O)[C@H]3C[C@@H]4CCN3C[C@@H]4/C=C\C#CCCCO)c2c1. The Kier molecular flexibility index (Phi) is 7.64. The maximum absolute atomic E-state index is 12.1. The van der Waals surface area contributed by atoms with E-state index in [1.807, 2.05) is 30.3 Å². The summed E-state index contributed by atoms with van der Waals surface area (Å²) in [6.07, 6.45) is 9.18. The fraction of sp³-hybridized carbons (Fsp3) is 0.481. The van der Waals surface area contributed by atoms with Gasteiger partial charge in [0, 0.05) is 43.6 Å². The van der Waals surface area contributed by atoms with Gasteiger partial charge >= 0.3 is 5.97 Å². The van der Waals surface area contributed by atoms with Crippen molar-refractivity contribution in [3.63, 3.8) is 0 Å². The lowest BCUT2D eigenvalue weighted by molar-refractivity contribution is -0.154. The third-order valence-corrected chi connectivity index (χ3v) is 6.77. The van der Waals surface area contributed by atoms with E-state index in [0.717, 1.165) is 61.0 Å². The standard InChI is InChI=1S/C27H32N2O4/c1-19(31)33-27(23-11-13-28-25-10-9-22(32-2)17-24(23)25)26-16-20-12-14-29(26)18-21(20)8-6-4-3-5-7-15-30/h6,8-11,13,17,20-21,26-27,30H,5,7,12,14-16,18H2,1-2H3/b8-6-/t20-,21-,26+,27-/m0/s1. The number of rotatable bonds is 7. The first-order valence-corrected chi connectivity index (χ1v) is 11.7. The summed E-state index contributed by atoms with van der Waals surface area (Å²) in [6.45, 7) is 3.61. The molecule has 3 aliphatic rings. The summed E-state index contributed by atoms with van der Waals surface area (Å²) in [4.78, 5) is 19.1. The van der Waals surface area contributed by atoms with Crippen LogP contribution in [0.2, 0.25) is 0 Å². The molecule has 33 heavy (non-hydrogen) atoms. The van der Waals surface area contributed by atoms with Crippen LogP contribution in [0.3, 0.4) is 0 Å². The largest absolute Gasteiger partial charge is 0.497 e. The van der Waals surface area contributed by atoms with Crippen LogP contribution < -0.4 is 4.74 Å². The van der Waals surface area contributed by atoms with E-state index in [1.165, 1.54) is 6.92 Å². The number of hydrogen-bond donors (Lipinski definition) is 1. The van der Waals surface area contributed by atoms with Crippen LogP contribution in [0.1, 0.15) is 44.3 Å². The third kappa shape index (κ3) is 5.38. The molecule has 0 saturated carbocycles. The molecular formula is C27H32N2O4. The number of aliphatic hydroxyl groups is 1. The number of benzene rings is 1. The molecule has 2 bridgehead atoms. The lowest BCUT2D eigenvalue weighted by atomic mass is 9.73. The zero-order chi connectivity index (χ0) is 23.2. The second kappa shape index (κ2) is 10.8. The maximum atomic E-state index is 12.1. The van der Waals surface area contributed by atoms with Crippen LogP contribution in [0.5, 0.6) is 5.75 Å². The molecule has 5 atom stereocenters. The molecule has 4 heterocycles. The number of methoxy groups -OCH3 is 1. The molecule has 1 aromatic carbocycles. The summed E-state index contributed by atoms with van der Waals surface area (Å²) in [7, 11) is 1.65. The van der Waals surface area contributed by atoms with Crippen molar-refractivity contribution in [3.05, 3.63) is 48.2 Å². The van der Waals surface area contributed by atoms with Crippen LogP contribution in [0.15, 0.2) is 42.6 Å². The number of ether oxygens (including phenoxy) is 2. The molecule has 5 rings (SSSR count). The molecule has 0 radical (unpaired) electrons. The molecule has 6 nitrogen and oxygen atoms in total. The molecule has 2 aromatic rings. The third-order valence-electron chi connectivity index (χ3n) is 6.77. The number of esters is 1. The van der Waals surface area contributed by atoms with Gasteiger partial charge in [-0.05, 0) is 68.0 Å². The molecule has 174 valence electrons. The van der Waals surface area contributed by atoms with E-state index < -0.39 is 0 Å². The molecule has 3 fully saturated rings. The van der Waals surface area contributed by atoms with Gasteiger partial charge in [0.15, 0.2) is 0 Å². The minimum atomic E-state index is -0.355. The van der Waals surface area contributed by atoms with Gasteiger partial charge in [0.05, 0.1) is 18.7 Å². The fourth-order valence-corrected chi connectivity index (χ4v) is 5.16. The smallest absolute Gasteiger partial charge is 0.303 e. The van der Waals surface area contributed by atoms with Crippen LogP contribution in [-0.2, 0) is 9.53 Å². The van der Waals surface area contributed by atoms with Gasteiger partial charge in [-0.1, -0.05) is 17.9 Å². The number of unbranched alkanes of at least 4 members (excludes halogenated alkanes) is 1. The van der Waals surface area contributed by atoms with Gasteiger partial charge in [0.25, 0.3) is 0 Å². The van der Waals surface area contributed by atoms with Crippen LogP contribution in [0.25, 0.3) is 10.9 Å². The van der Waals surface area contributed by atoms with E-state index in [9.17, 15) is 4.79 Å². The van der Waals surface area contributed by atoms with Gasteiger partial charge in [0.2, 0.25) is 0 Å². The number of pyridine rings is 1. The van der Waals surface area contributed by atoms with Crippen LogP contribution in [0, 0.1) is 23.7 Å². The lowest BCUT2D eigenvalue weighted by Crippen LogP contribution is -2.55. The van der Waals surface area contributed by atoms with Gasteiger partial charge in [0.1, 0.15) is 11.9 Å². The van der Waals surface area contributed by atoms with E-state index in [0.29, 0.717) is 11.8 Å². The number of hydrogen-bond acceptors (Lipinski definition) is 6. The summed E-state index contributed by atoms with van der Waals surface area (Å²) in [5, 5.41) is 9.82. The minimum absolute atomic E-state index is 0.129. The van der Waals surface area contributed by atoms with Crippen molar-refractivity contribution < 1.29 is 19.4 Å². The summed E-state index contributed by atoms with van der Waals surface area (Å²) in [5.74, 6) is 7.65. The first-order valence-electron chi connectivity index (χ1n) is 11.7. The second-order valence-electron chi connectivity index (χ2n) is 8.83. The Morgan fingerprint density at radius 3 is 3.00 bits per heavy atom. The van der Waals surface area contributed by atoms with Gasteiger partial charge in [-0.15, -0.1) is 0 Å². The van der Waals surface area contributed by atoms with Crippen molar-refractivity contribution in [2.75, 3.05) is 26.8 Å². The number of carbonyl (C=O) groups is 1. The molecule has 0 aliphatic carbocycles. The number of carbonyl (C=O) groups excluding carboxylic acids is 1. The number of allylic oxidation sites excluding steroid dienone is 1. The van der Waals surface area contributed by atoms with Crippen molar-refractivity contribution in [2.24, 2.45) is 11.8 Å². The van der Waals surface area contributed by atoms with Crippen LogP contribution >= 0.6 is 0 Å². The van der Waals surface area contributed by atoms with Crippen molar-refractivity contribution in [3.8, 4) is 17.6 Å². The number of piperidine rings is 3. The topological polar surface area (TPSA) is 71.9 Å². The molecule has 3 saturated heterocycles. The average Bonchev–Trinajstić information content (AvgIpc) is 2.84. The minimum Gasteiger partial charge on any atom is -0.497 e. The molecule has 1 unspecified atom stereocenters. The van der Waals surface area contributed by atoms with Crippen molar-refractivity contribution >= 4 is 16.9 Å². The average molecular weight is 449 g/mol. The van der Waals surface area contributed by atoms with E-state index >= 15 is 0 Å². The highest BCUT2D eigenvalue weighted by molar-refractivity contribution is 5.84. The molecular weight excluding hydrogens is 416 g/mol. The second-order valence-corrected chi connectivity index (χ2v) is 8.83. The quantitative estimate of drug-likeness (QED) is 0.394. The fourth-order valence-electron chi connectivity index (χ4n) is 5.16. The maximum Gasteiger partial charge on any atom is 0.303 e. The first kappa shape index (κ1) is 23.3. The van der Waals surface area contributed by atoms with E-state index in [2.05, 4.69) is 27.8 Å². The van der Waals surface area contributed by atoms with Gasteiger partial charge < -0.3 is 14.6 Å². The first-order chi connectivity index (χ1) is 16.1. The van der Waals surface area contributed by atoms with E-state index in [4.69, 9.17) is 14.6 Å². The lowest BCUT2D eigenvalue weighted by Gasteiger charge is -2.51. The summed E-state index contributed by atoms with van der Waals surface area (Å²) in [6, 6.07) is 7.92. The van der Waals surface area contributed by atoms with Crippen LogP contribution in [-0.4, -0.2) is 53.8 Å². The Morgan fingerprint density at radius 1 is 1.39 bits per heavy atom.